The van der Waals surface area contributed by atoms with Gasteiger partial charge in [0.15, 0.2) is 5.69 Å². The first kappa shape index (κ1) is 13.4. The molecule has 4 N–H and O–H groups in total. The molecule has 0 saturated heterocycles. The van der Waals surface area contributed by atoms with Crippen LogP contribution in [-0.4, -0.2) is 28.2 Å². The summed E-state index contributed by atoms with van der Waals surface area (Å²) in [6.07, 6.45) is 3.84. The molecule has 0 unspecified atom stereocenters. The molecular weight excluding hydrogens is 270 g/mol. The van der Waals surface area contributed by atoms with E-state index in [1.807, 2.05) is 6.07 Å². The van der Waals surface area contributed by atoms with Gasteiger partial charge in [-0.1, -0.05) is 0 Å². The van der Waals surface area contributed by atoms with Gasteiger partial charge >= 0.3 is 0 Å². The second-order valence-electron chi connectivity index (χ2n) is 5.06. The number of anilines is 1. The van der Waals surface area contributed by atoms with Crippen molar-refractivity contribution in [3.8, 4) is 5.88 Å². The number of nitrogens with zero attached hydrogens (tertiary/aromatic N) is 2. The molecule has 0 spiro atoms. The fraction of sp³-hybridized carbons (Fsp3) is 0.357. The van der Waals surface area contributed by atoms with E-state index in [1.54, 1.807) is 19.4 Å². The van der Waals surface area contributed by atoms with Gasteiger partial charge in [0, 0.05) is 24.7 Å². The lowest BCUT2D eigenvalue weighted by Gasteiger charge is -2.05. The molecule has 0 atom stereocenters. The monoisotopic (exact) mass is 287 g/mol. The van der Waals surface area contributed by atoms with E-state index < -0.39 is 0 Å². The highest BCUT2D eigenvalue weighted by atomic mass is 16.5. The third kappa shape index (κ3) is 2.81. The number of H-pyrrole nitrogens is 1. The molecule has 1 saturated carbocycles. The molecule has 0 aromatic carbocycles. The lowest BCUT2D eigenvalue weighted by molar-refractivity contribution is 0.0946. The molecule has 2 aromatic rings. The molecule has 2 heterocycles. The number of aromatic amines is 1. The number of hydrogen-bond acceptors (Lipinski definition) is 5. The highest BCUT2D eigenvalue weighted by Crippen LogP contribution is 2.42. The van der Waals surface area contributed by atoms with Crippen molar-refractivity contribution in [2.75, 3.05) is 12.8 Å². The molecule has 21 heavy (non-hydrogen) atoms. The van der Waals surface area contributed by atoms with Crippen LogP contribution in [0.3, 0.4) is 0 Å². The van der Waals surface area contributed by atoms with Crippen LogP contribution in [0.25, 0.3) is 0 Å². The first-order chi connectivity index (χ1) is 10.2. The highest BCUT2D eigenvalue weighted by molar-refractivity contribution is 5.97. The smallest absolute Gasteiger partial charge is 0.274 e. The number of nitrogens with one attached hydrogen (secondary N) is 2. The van der Waals surface area contributed by atoms with Crippen molar-refractivity contribution in [2.45, 2.75) is 25.3 Å². The average molecular weight is 287 g/mol. The molecule has 7 nitrogen and oxygen atoms in total. The SMILES string of the molecule is COc1cc(CNC(=O)c2n[nH]c(C3CC3)c2N)ccn1. The molecule has 1 aliphatic rings. The number of amides is 1. The fourth-order valence-corrected chi connectivity index (χ4v) is 2.16. The fourth-order valence-electron chi connectivity index (χ4n) is 2.16. The highest BCUT2D eigenvalue weighted by Gasteiger charge is 2.30. The van der Waals surface area contributed by atoms with Crippen LogP contribution >= 0.6 is 0 Å². The number of aromatic nitrogens is 3. The maximum Gasteiger partial charge on any atom is 0.274 e. The van der Waals surface area contributed by atoms with Gasteiger partial charge in [0.25, 0.3) is 5.91 Å². The van der Waals surface area contributed by atoms with Crippen molar-refractivity contribution in [3.05, 3.63) is 35.3 Å². The molecule has 0 aliphatic heterocycles. The Balaban J connectivity index is 1.66. The van der Waals surface area contributed by atoms with Gasteiger partial charge in [-0.05, 0) is 24.5 Å². The van der Waals surface area contributed by atoms with Gasteiger partial charge in [0.1, 0.15) is 0 Å². The lowest BCUT2D eigenvalue weighted by Crippen LogP contribution is -2.24. The van der Waals surface area contributed by atoms with Crippen LogP contribution in [-0.2, 0) is 6.54 Å². The van der Waals surface area contributed by atoms with Crippen molar-refractivity contribution in [3.63, 3.8) is 0 Å². The number of carbonyl (C=O) groups excluding carboxylic acids is 1. The predicted octanol–water partition coefficient (Wildman–Crippen LogP) is 1.20. The summed E-state index contributed by atoms with van der Waals surface area (Å²) in [6.45, 7) is 0.364. The minimum atomic E-state index is -0.286. The number of nitrogens with two attached hydrogens (primary N) is 1. The summed E-state index contributed by atoms with van der Waals surface area (Å²) in [5.74, 6) is 0.659. The molecule has 0 bridgehead atoms. The normalized spacial score (nSPS) is 14.0. The Labute approximate surface area is 121 Å². The van der Waals surface area contributed by atoms with Gasteiger partial charge in [-0.15, -0.1) is 0 Å². The van der Waals surface area contributed by atoms with E-state index in [9.17, 15) is 4.79 Å². The largest absolute Gasteiger partial charge is 0.481 e. The Morgan fingerprint density at radius 1 is 1.57 bits per heavy atom. The molecule has 1 fully saturated rings. The molecular formula is C14H17N5O2. The van der Waals surface area contributed by atoms with Gasteiger partial charge in [0.2, 0.25) is 5.88 Å². The summed E-state index contributed by atoms with van der Waals surface area (Å²) in [5.41, 5.74) is 8.47. The predicted molar refractivity (Wildman–Crippen MR) is 76.9 cm³/mol. The van der Waals surface area contributed by atoms with E-state index in [0.717, 1.165) is 24.1 Å². The number of rotatable bonds is 5. The van der Waals surface area contributed by atoms with Gasteiger partial charge in [-0.25, -0.2) is 4.98 Å². The van der Waals surface area contributed by atoms with Crippen molar-refractivity contribution >= 4 is 11.6 Å². The molecule has 7 heteroatoms. The van der Waals surface area contributed by atoms with Crippen molar-refractivity contribution in [2.24, 2.45) is 0 Å². The van der Waals surface area contributed by atoms with Crippen LogP contribution in [0.5, 0.6) is 5.88 Å². The summed E-state index contributed by atoms with van der Waals surface area (Å²) >= 11 is 0. The Hall–Kier alpha value is -2.57. The second kappa shape index (κ2) is 5.43. The maximum absolute atomic E-state index is 12.1. The number of carbonyl (C=O) groups is 1. The summed E-state index contributed by atoms with van der Waals surface area (Å²) in [7, 11) is 1.55. The third-order valence-corrected chi connectivity index (χ3v) is 3.50. The topological polar surface area (TPSA) is 106 Å². The van der Waals surface area contributed by atoms with Crippen LogP contribution in [0.4, 0.5) is 5.69 Å². The number of methoxy groups -OCH3 is 1. The Morgan fingerprint density at radius 3 is 3.10 bits per heavy atom. The molecule has 0 radical (unpaired) electrons. The summed E-state index contributed by atoms with van der Waals surface area (Å²) in [4.78, 5) is 16.1. The first-order valence-corrected chi connectivity index (χ1v) is 6.80. The molecule has 2 aromatic heterocycles. The zero-order valence-electron chi connectivity index (χ0n) is 11.7. The first-order valence-electron chi connectivity index (χ1n) is 6.80. The van der Waals surface area contributed by atoms with Crippen molar-refractivity contribution in [1.29, 1.82) is 0 Å². The van der Waals surface area contributed by atoms with E-state index in [4.69, 9.17) is 10.5 Å². The molecule has 3 rings (SSSR count). The van der Waals surface area contributed by atoms with Gasteiger partial charge in [-0.2, -0.15) is 5.10 Å². The molecule has 110 valence electrons. The van der Waals surface area contributed by atoms with Crippen LogP contribution in [0.2, 0.25) is 0 Å². The Morgan fingerprint density at radius 2 is 2.38 bits per heavy atom. The number of ether oxygens (including phenoxy) is 1. The zero-order chi connectivity index (χ0) is 14.8. The summed E-state index contributed by atoms with van der Waals surface area (Å²) < 4.78 is 5.04. The van der Waals surface area contributed by atoms with Gasteiger partial charge < -0.3 is 15.8 Å². The minimum absolute atomic E-state index is 0.262. The van der Waals surface area contributed by atoms with E-state index >= 15 is 0 Å². The number of pyridine rings is 1. The Bertz CT molecular complexity index is 663. The van der Waals surface area contributed by atoms with Gasteiger partial charge in [0.05, 0.1) is 18.5 Å². The zero-order valence-corrected chi connectivity index (χ0v) is 11.7. The van der Waals surface area contributed by atoms with Crippen LogP contribution in [0.15, 0.2) is 18.3 Å². The maximum atomic E-state index is 12.1. The molecule has 1 amide bonds. The lowest BCUT2D eigenvalue weighted by atomic mass is 10.2. The van der Waals surface area contributed by atoms with Crippen LogP contribution in [0, 0.1) is 0 Å². The summed E-state index contributed by atoms with van der Waals surface area (Å²) in [5, 5.41) is 9.69. The standard InChI is InChI=1S/C14H17N5O2/c1-21-10-6-8(4-5-16-10)7-17-14(20)13-11(15)12(18-19-13)9-2-3-9/h4-6,9H,2-3,7,15H2,1H3,(H,17,20)(H,18,19). The Kier molecular flexibility index (Phi) is 3.47. The number of nitrogen functional groups attached to an aromatic ring is 1. The van der Waals surface area contributed by atoms with E-state index in [-0.39, 0.29) is 11.6 Å². The second-order valence-corrected chi connectivity index (χ2v) is 5.06. The van der Waals surface area contributed by atoms with Crippen molar-refractivity contribution < 1.29 is 9.53 Å². The minimum Gasteiger partial charge on any atom is -0.481 e. The summed E-state index contributed by atoms with van der Waals surface area (Å²) in [6, 6.07) is 3.58. The van der Waals surface area contributed by atoms with Crippen LogP contribution < -0.4 is 15.8 Å². The van der Waals surface area contributed by atoms with E-state index in [1.165, 1.54) is 0 Å². The average Bonchev–Trinajstić information content (AvgIpc) is 3.28. The molecule has 1 aliphatic carbocycles. The van der Waals surface area contributed by atoms with Crippen molar-refractivity contribution in [1.82, 2.24) is 20.5 Å². The van der Waals surface area contributed by atoms with Gasteiger partial charge in [-0.3, -0.25) is 9.89 Å². The number of hydrogen-bond donors (Lipinski definition) is 3. The van der Waals surface area contributed by atoms with Crippen LogP contribution in [0.1, 0.15) is 40.5 Å². The van der Waals surface area contributed by atoms with E-state index in [0.29, 0.717) is 24.0 Å². The van der Waals surface area contributed by atoms with E-state index in [2.05, 4.69) is 20.5 Å². The third-order valence-electron chi connectivity index (χ3n) is 3.50. The quantitative estimate of drug-likeness (QED) is 0.766.